The van der Waals surface area contributed by atoms with Crippen LogP contribution in [0.25, 0.3) is 0 Å². The molecule has 27 heavy (non-hydrogen) atoms. The number of nitrogens with zero attached hydrogens (tertiary/aromatic N) is 4. The fraction of sp³-hybridized carbons (Fsp3) is 0.167. The fourth-order valence-electron chi connectivity index (χ4n) is 2.50. The lowest BCUT2D eigenvalue weighted by molar-refractivity contribution is -0.385. The lowest BCUT2D eigenvalue weighted by Crippen LogP contribution is -2.07. The Labute approximate surface area is 160 Å². The maximum atomic E-state index is 11.6. The molecule has 0 atom stereocenters. The second kappa shape index (κ2) is 7.96. The first kappa shape index (κ1) is 18.5. The van der Waals surface area contributed by atoms with Crippen LogP contribution in [0.1, 0.15) is 16.7 Å². The van der Waals surface area contributed by atoms with Crippen LogP contribution < -0.4 is 10.1 Å². The molecule has 0 aliphatic heterocycles. The van der Waals surface area contributed by atoms with Gasteiger partial charge in [-0.25, -0.2) is 4.98 Å². The van der Waals surface area contributed by atoms with Crippen molar-refractivity contribution in [2.45, 2.75) is 20.4 Å². The summed E-state index contributed by atoms with van der Waals surface area (Å²) in [6.45, 7) is 3.99. The highest BCUT2D eigenvalue weighted by Crippen LogP contribution is 2.35. The van der Waals surface area contributed by atoms with Crippen LogP contribution in [-0.2, 0) is 6.54 Å². The Hall–Kier alpha value is -3.26. The summed E-state index contributed by atoms with van der Waals surface area (Å²) in [6.07, 6.45) is 4.53. The van der Waals surface area contributed by atoms with Gasteiger partial charge in [0, 0.05) is 24.0 Å². The maximum Gasteiger partial charge on any atom is 0.373 e. The van der Waals surface area contributed by atoms with Gasteiger partial charge < -0.3 is 10.1 Å². The molecule has 1 aromatic carbocycles. The van der Waals surface area contributed by atoms with E-state index in [0.717, 1.165) is 16.7 Å². The van der Waals surface area contributed by atoms with Gasteiger partial charge in [-0.15, -0.1) is 0 Å². The van der Waals surface area contributed by atoms with Crippen LogP contribution in [0.15, 0.2) is 43.0 Å². The van der Waals surface area contributed by atoms with E-state index in [1.54, 1.807) is 30.6 Å². The third-order valence-electron chi connectivity index (χ3n) is 3.78. The van der Waals surface area contributed by atoms with E-state index in [4.69, 9.17) is 16.3 Å². The van der Waals surface area contributed by atoms with Crippen molar-refractivity contribution in [3.05, 3.63) is 74.8 Å². The second-order valence-corrected chi connectivity index (χ2v) is 6.20. The Morgan fingerprint density at radius 3 is 2.63 bits per heavy atom. The number of aryl methyl sites for hydroxylation is 2. The SMILES string of the molecule is Cc1cc(Oc2ncnc(NCc3cccnc3)c2[N+](=O)[O-])cc(C)c1Cl. The molecule has 0 aliphatic rings. The largest absolute Gasteiger partial charge is 0.434 e. The number of aromatic nitrogens is 3. The van der Waals surface area contributed by atoms with Crippen molar-refractivity contribution >= 4 is 23.1 Å². The number of ether oxygens (including phenoxy) is 1. The number of halogens is 1. The average Bonchev–Trinajstić information content (AvgIpc) is 2.65. The van der Waals surface area contributed by atoms with Gasteiger partial charge in [-0.1, -0.05) is 17.7 Å². The molecule has 0 aliphatic carbocycles. The zero-order valence-corrected chi connectivity index (χ0v) is 15.4. The van der Waals surface area contributed by atoms with E-state index in [-0.39, 0.29) is 17.4 Å². The molecule has 2 heterocycles. The third kappa shape index (κ3) is 4.29. The molecule has 0 radical (unpaired) electrons. The number of rotatable bonds is 6. The predicted octanol–water partition coefficient (Wildman–Crippen LogP) is 4.45. The van der Waals surface area contributed by atoms with E-state index in [0.29, 0.717) is 17.3 Å². The van der Waals surface area contributed by atoms with E-state index in [1.165, 1.54) is 6.33 Å². The number of hydrogen-bond acceptors (Lipinski definition) is 7. The lowest BCUT2D eigenvalue weighted by atomic mass is 10.1. The third-order valence-corrected chi connectivity index (χ3v) is 4.37. The summed E-state index contributed by atoms with van der Waals surface area (Å²) in [4.78, 5) is 23.0. The highest BCUT2D eigenvalue weighted by molar-refractivity contribution is 6.32. The molecule has 0 unspecified atom stereocenters. The Kier molecular flexibility index (Phi) is 5.46. The standard InChI is InChI=1S/C18H16ClN5O3/c1-11-6-14(7-12(2)15(11)19)27-18-16(24(25)26)17(22-10-23-18)21-9-13-4-3-5-20-8-13/h3-8,10H,9H2,1-2H3,(H,21,22,23). The molecule has 0 fully saturated rings. The quantitative estimate of drug-likeness (QED) is 0.493. The second-order valence-electron chi connectivity index (χ2n) is 5.82. The minimum atomic E-state index is -0.573. The zero-order valence-electron chi connectivity index (χ0n) is 14.6. The van der Waals surface area contributed by atoms with Crippen LogP contribution in [0.5, 0.6) is 11.6 Å². The van der Waals surface area contributed by atoms with Crippen LogP contribution >= 0.6 is 11.6 Å². The van der Waals surface area contributed by atoms with Crippen molar-refractivity contribution in [1.29, 1.82) is 0 Å². The topological polar surface area (TPSA) is 103 Å². The number of pyridine rings is 1. The highest BCUT2D eigenvalue weighted by atomic mass is 35.5. The molecular formula is C18H16ClN5O3. The Balaban J connectivity index is 1.90. The van der Waals surface area contributed by atoms with Gasteiger partial charge in [0.25, 0.3) is 0 Å². The minimum absolute atomic E-state index is 0.0660. The summed E-state index contributed by atoms with van der Waals surface area (Å²) in [5.41, 5.74) is 2.13. The number of benzene rings is 1. The molecule has 138 valence electrons. The number of anilines is 1. The maximum absolute atomic E-state index is 11.6. The normalized spacial score (nSPS) is 10.5. The van der Waals surface area contributed by atoms with E-state index < -0.39 is 4.92 Å². The molecule has 0 saturated heterocycles. The van der Waals surface area contributed by atoms with Gasteiger partial charge in [0.1, 0.15) is 12.1 Å². The van der Waals surface area contributed by atoms with Crippen LogP contribution in [0.4, 0.5) is 11.5 Å². The van der Waals surface area contributed by atoms with E-state index >= 15 is 0 Å². The molecular weight excluding hydrogens is 370 g/mol. The number of nitrogens with one attached hydrogen (secondary N) is 1. The summed E-state index contributed by atoms with van der Waals surface area (Å²) in [5.74, 6) is 0.329. The van der Waals surface area contributed by atoms with Crippen LogP contribution in [0, 0.1) is 24.0 Å². The first-order valence-electron chi connectivity index (χ1n) is 8.02. The van der Waals surface area contributed by atoms with Gasteiger partial charge in [0.15, 0.2) is 0 Å². The fourth-order valence-corrected chi connectivity index (χ4v) is 2.61. The predicted molar refractivity (Wildman–Crippen MR) is 101 cm³/mol. The zero-order chi connectivity index (χ0) is 19.4. The van der Waals surface area contributed by atoms with E-state index in [9.17, 15) is 10.1 Å². The van der Waals surface area contributed by atoms with Crippen LogP contribution in [0.3, 0.4) is 0 Å². The van der Waals surface area contributed by atoms with Gasteiger partial charge in [-0.3, -0.25) is 15.1 Å². The first-order valence-corrected chi connectivity index (χ1v) is 8.40. The van der Waals surface area contributed by atoms with Gasteiger partial charge >= 0.3 is 11.6 Å². The number of nitro groups is 1. The lowest BCUT2D eigenvalue weighted by Gasteiger charge is -2.11. The van der Waals surface area contributed by atoms with Gasteiger partial charge in [-0.05, 0) is 48.7 Å². The van der Waals surface area contributed by atoms with Crippen molar-refractivity contribution in [3.63, 3.8) is 0 Å². The smallest absolute Gasteiger partial charge is 0.373 e. The average molecular weight is 386 g/mol. The molecule has 2 aromatic heterocycles. The molecule has 3 rings (SSSR count). The molecule has 1 N–H and O–H groups in total. The van der Waals surface area contributed by atoms with Crippen molar-refractivity contribution in [3.8, 4) is 11.6 Å². The summed E-state index contributed by atoms with van der Waals surface area (Å²) < 4.78 is 5.68. The Morgan fingerprint density at radius 1 is 1.26 bits per heavy atom. The van der Waals surface area contributed by atoms with E-state index in [1.807, 2.05) is 19.9 Å². The number of hydrogen-bond donors (Lipinski definition) is 1. The summed E-state index contributed by atoms with van der Waals surface area (Å²) in [6, 6.07) is 7.03. The summed E-state index contributed by atoms with van der Waals surface area (Å²) >= 11 is 6.15. The minimum Gasteiger partial charge on any atom is -0.434 e. The first-order chi connectivity index (χ1) is 13.0. The summed E-state index contributed by atoms with van der Waals surface area (Å²) in [5, 5.41) is 15.2. The summed E-state index contributed by atoms with van der Waals surface area (Å²) in [7, 11) is 0. The van der Waals surface area contributed by atoms with Crippen molar-refractivity contribution in [2.24, 2.45) is 0 Å². The van der Waals surface area contributed by atoms with Crippen LogP contribution in [0.2, 0.25) is 5.02 Å². The van der Waals surface area contributed by atoms with Gasteiger partial charge in [0.2, 0.25) is 5.82 Å². The Morgan fingerprint density at radius 2 is 2.00 bits per heavy atom. The van der Waals surface area contributed by atoms with E-state index in [2.05, 4.69) is 20.3 Å². The van der Waals surface area contributed by atoms with Crippen molar-refractivity contribution in [2.75, 3.05) is 5.32 Å². The van der Waals surface area contributed by atoms with Crippen molar-refractivity contribution in [1.82, 2.24) is 15.0 Å². The molecule has 9 heteroatoms. The van der Waals surface area contributed by atoms with Crippen molar-refractivity contribution < 1.29 is 9.66 Å². The monoisotopic (exact) mass is 385 g/mol. The molecule has 0 amide bonds. The molecule has 0 saturated carbocycles. The Bertz CT molecular complexity index is 959. The van der Waals surface area contributed by atoms with Gasteiger partial charge in [-0.2, -0.15) is 4.98 Å². The van der Waals surface area contributed by atoms with Gasteiger partial charge in [0.05, 0.1) is 4.92 Å². The molecule has 0 bridgehead atoms. The molecule has 0 spiro atoms. The van der Waals surface area contributed by atoms with Crippen LogP contribution in [-0.4, -0.2) is 19.9 Å². The highest BCUT2D eigenvalue weighted by Gasteiger charge is 2.25. The molecule has 3 aromatic rings. The molecule has 8 nitrogen and oxygen atoms in total.